The van der Waals surface area contributed by atoms with E-state index in [0.29, 0.717) is 30.6 Å². The van der Waals surface area contributed by atoms with E-state index in [-0.39, 0.29) is 35.4 Å². The van der Waals surface area contributed by atoms with Crippen molar-refractivity contribution in [3.63, 3.8) is 0 Å². The van der Waals surface area contributed by atoms with E-state index >= 15 is 0 Å². The summed E-state index contributed by atoms with van der Waals surface area (Å²) in [5, 5.41) is 9.10. The lowest BCUT2D eigenvalue weighted by Crippen LogP contribution is -2.47. The summed E-state index contributed by atoms with van der Waals surface area (Å²) in [6.45, 7) is 4.57. The molecule has 3 aliphatic carbocycles. The maximum atomic E-state index is 12.7. The number of aliphatic carboxylic acids is 1. The minimum absolute atomic E-state index is 0.0102. The van der Waals surface area contributed by atoms with Crippen molar-refractivity contribution in [2.75, 3.05) is 7.11 Å². The molecule has 0 aromatic carbocycles. The highest BCUT2D eigenvalue weighted by Crippen LogP contribution is 2.58. The van der Waals surface area contributed by atoms with Crippen LogP contribution in [0, 0.1) is 35.0 Å². The molecule has 0 aromatic heterocycles. The predicted molar refractivity (Wildman–Crippen MR) is 110 cm³/mol. The quantitative estimate of drug-likeness (QED) is 0.682. The van der Waals surface area contributed by atoms with E-state index in [0.717, 1.165) is 50.5 Å². The molecule has 5 unspecified atom stereocenters. The van der Waals surface area contributed by atoms with Crippen LogP contribution >= 0.6 is 0 Å². The molecule has 29 heavy (non-hydrogen) atoms. The summed E-state index contributed by atoms with van der Waals surface area (Å²) in [7, 11) is 1.46. The number of allylic oxidation sites excluding steroid dienone is 2. The van der Waals surface area contributed by atoms with E-state index in [1.165, 1.54) is 7.11 Å². The first-order valence-electron chi connectivity index (χ1n) is 11.3. The number of carbonyl (C=O) groups excluding carboxylic acids is 2. The Morgan fingerprint density at radius 1 is 1.24 bits per heavy atom. The molecule has 0 aromatic rings. The normalized spacial score (nSPS) is 37.8. The van der Waals surface area contributed by atoms with Crippen molar-refractivity contribution in [2.24, 2.45) is 35.0 Å². The van der Waals surface area contributed by atoms with Crippen LogP contribution in [0.25, 0.3) is 0 Å². The number of hydrogen-bond acceptors (Lipinski definition) is 4. The third-order valence-electron chi connectivity index (χ3n) is 8.33. The lowest BCUT2D eigenvalue weighted by molar-refractivity contribution is -0.151. The second kappa shape index (κ2) is 9.01. The van der Waals surface area contributed by atoms with Crippen molar-refractivity contribution < 1.29 is 24.2 Å². The fourth-order valence-electron chi connectivity index (χ4n) is 6.49. The molecule has 0 saturated heterocycles. The molecule has 0 spiro atoms. The van der Waals surface area contributed by atoms with Crippen LogP contribution in [-0.4, -0.2) is 29.9 Å². The number of carbonyl (C=O) groups is 3. The molecule has 3 aliphatic rings. The monoisotopic (exact) mass is 404 g/mol. The van der Waals surface area contributed by atoms with Gasteiger partial charge in [-0.1, -0.05) is 38.7 Å². The van der Waals surface area contributed by atoms with Crippen LogP contribution in [0.3, 0.4) is 0 Å². The van der Waals surface area contributed by atoms with Crippen molar-refractivity contribution in [3.05, 3.63) is 11.6 Å². The molecule has 1 N–H and O–H groups in total. The molecule has 0 heterocycles. The maximum Gasteiger partial charge on any atom is 0.309 e. The third kappa shape index (κ3) is 4.59. The second-order valence-electron chi connectivity index (χ2n) is 9.84. The average Bonchev–Trinajstić information content (AvgIpc) is 2.76. The number of ether oxygens (including phenoxy) is 1. The average molecular weight is 405 g/mol. The molecule has 162 valence electrons. The Bertz CT molecular complexity index is 681. The summed E-state index contributed by atoms with van der Waals surface area (Å²) in [6.07, 6.45) is 10.0. The van der Waals surface area contributed by atoms with Crippen LogP contribution in [0.4, 0.5) is 0 Å². The highest BCUT2D eigenvalue weighted by atomic mass is 16.5. The fraction of sp³-hybridized carbons (Fsp3) is 0.792. The van der Waals surface area contributed by atoms with Gasteiger partial charge in [0.05, 0.1) is 13.0 Å². The van der Waals surface area contributed by atoms with E-state index in [1.807, 2.05) is 6.08 Å². The van der Waals surface area contributed by atoms with Gasteiger partial charge in [0.15, 0.2) is 5.78 Å². The summed E-state index contributed by atoms with van der Waals surface area (Å²) < 4.78 is 5.17. The molecule has 0 aliphatic heterocycles. The van der Waals surface area contributed by atoms with Gasteiger partial charge in [-0.3, -0.25) is 14.4 Å². The van der Waals surface area contributed by atoms with Crippen molar-refractivity contribution in [1.82, 2.24) is 0 Å². The molecular formula is C24H36O5. The second-order valence-corrected chi connectivity index (χ2v) is 9.84. The Morgan fingerprint density at radius 3 is 2.69 bits per heavy atom. The Hall–Kier alpha value is -1.65. The minimum Gasteiger partial charge on any atom is -0.481 e. The summed E-state index contributed by atoms with van der Waals surface area (Å²) >= 11 is 0. The SMILES string of the molecule is COC(=O)C1CC2=CC(=O)CCC2(C)C2CCC(C)[C@H](CCC(=O)O)CCCC12. The largest absolute Gasteiger partial charge is 0.481 e. The van der Waals surface area contributed by atoms with E-state index < -0.39 is 5.97 Å². The van der Waals surface area contributed by atoms with E-state index in [9.17, 15) is 14.4 Å². The summed E-state index contributed by atoms with van der Waals surface area (Å²) in [5.41, 5.74) is 1.14. The first-order chi connectivity index (χ1) is 13.8. The Morgan fingerprint density at radius 2 is 2.00 bits per heavy atom. The van der Waals surface area contributed by atoms with Crippen molar-refractivity contribution in [3.8, 4) is 0 Å². The van der Waals surface area contributed by atoms with Gasteiger partial charge in [0.2, 0.25) is 0 Å². The number of carboxylic acid groups (broad SMARTS) is 1. The molecule has 0 amide bonds. The smallest absolute Gasteiger partial charge is 0.309 e. The summed E-state index contributed by atoms with van der Waals surface area (Å²) in [5.74, 6) is 0.724. The first-order valence-corrected chi connectivity index (χ1v) is 11.3. The molecular weight excluding hydrogens is 368 g/mol. The van der Waals surface area contributed by atoms with Gasteiger partial charge in [0, 0.05) is 12.8 Å². The van der Waals surface area contributed by atoms with Gasteiger partial charge in [-0.2, -0.15) is 0 Å². The predicted octanol–water partition coefficient (Wildman–Crippen LogP) is 4.79. The molecule has 0 bridgehead atoms. The van der Waals surface area contributed by atoms with Gasteiger partial charge >= 0.3 is 11.9 Å². The van der Waals surface area contributed by atoms with E-state index in [1.54, 1.807) is 0 Å². The Kier molecular flexibility index (Phi) is 6.85. The van der Waals surface area contributed by atoms with Crippen LogP contribution < -0.4 is 0 Å². The first kappa shape index (κ1) is 22.0. The van der Waals surface area contributed by atoms with Gasteiger partial charge in [-0.25, -0.2) is 0 Å². The zero-order valence-electron chi connectivity index (χ0n) is 18.1. The number of methoxy groups -OCH3 is 1. The minimum atomic E-state index is -0.717. The number of hydrogen-bond donors (Lipinski definition) is 1. The number of rotatable bonds is 4. The van der Waals surface area contributed by atoms with Crippen LogP contribution in [0.15, 0.2) is 11.6 Å². The van der Waals surface area contributed by atoms with Crippen LogP contribution in [0.2, 0.25) is 0 Å². The van der Waals surface area contributed by atoms with Gasteiger partial charge in [-0.15, -0.1) is 0 Å². The zero-order valence-corrected chi connectivity index (χ0v) is 18.1. The third-order valence-corrected chi connectivity index (χ3v) is 8.33. The van der Waals surface area contributed by atoms with Gasteiger partial charge in [0.1, 0.15) is 0 Å². The van der Waals surface area contributed by atoms with Crippen LogP contribution in [0.1, 0.15) is 78.1 Å². The molecule has 3 rings (SSSR count). The van der Waals surface area contributed by atoms with Crippen molar-refractivity contribution in [1.29, 1.82) is 0 Å². The number of carboxylic acids is 1. The summed E-state index contributed by atoms with van der Waals surface area (Å²) in [6, 6.07) is 0. The zero-order chi connectivity index (χ0) is 21.2. The molecule has 6 atom stereocenters. The molecule has 5 heteroatoms. The van der Waals surface area contributed by atoms with Crippen molar-refractivity contribution in [2.45, 2.75) is 78.1 Å². The molecule has 2 fully saturated rings. The topological polar surface area (TPSA) is 80.7 Å². The van der Waals surface area contributed by atoms with Gasteiger partial charge in [0.25, 0.3) is 0 Å². The Balaban J connectivity index is 1.88. The van der Waals surface area contributed by atoms with Gasteiger partial charge in [-0.05, 0) is 67.3 Å². The van der Waals surface area contributed by atoms with Crippen molar-refractivity contribution >= 4 is 17.7 Å². The molecule has 0 radical (unpaired) electrons. The molecule has 5 nitrogen and oxygen atoms in total. The van der Waals surface area contributed by atoms with Gasteiger partial charge < -0.3 is 9.84 Å². The number of ketones is 1. The Labute approximate surface area is 174 Å². The summed E-state index contributed by atoms with van der Waals surface area (Å²) in [4.78, 5) is 35.9. The van der Waals surface area contributed by atoms with Crippen LogP contribution in [-0.2, 0) is 19.1 Å². The maximum absolute atomic E-state index is 12.7. The van der Waals surface area contributed by atoms with E-state index in [4.69, 9.17) is 9.84 Å². The number of esters is 1. The highest BCUT2D eigenvalue weighted by molar-refractivity contribution is 5.92. The highest BCUT2D eigenvalue weighted by Gasteiger charge is 2.52. The fourth-order valence-corrected chi connectivity index (χ4v) is 6.49. The lowest BCUT2D eigenvalue weighted by atomic mass is 9.52. The van der Waals surface area contributed by atoms with Crippen LogP contribution in [0.5, 0.6) is 0 Å². The lowest BCUT2D eigenvalue weighted by Gasteiger charge is -2.52. The standard InChI is InChI=1S/C24H36O5/c1-15-7-9-21-19(6-4-5-16(15)8-10-22(26)27)20(23(28)29-3)14-17-13-18(25)11-12-24(17,21)2/h13,15-16,19-21H,4-12,14H2,1-3H3,(H,26,27)/t15?,16-,19?,20?,21?,24?/m0/s1. The van der Waals surface area contributed by atoms with E-state index in [2.05, 4.69) is 13.8 Å². The number of fused-ring (bicyclic) bond motifs is 3. The molecule has 2 saturated carbocycles.